The fourth-order valence-corrected chi connectivity index (χ4v) is 5.52. The maximum atomic E-state index is 13.6. The molecule has 2 aromatic heterocycles. The number of nitrogens with one attached hydrogen (secondary N) is 2. The SMILES string of the molecule is CCCOCn1nc(C)c(-c2ccc(NC(=O)C(c3nnc(Br)[nH]3)C(C3CC3)C3CC3)cc2)c1C. The minimum absolute atomic E-state index is 0.0153. The number of benzene rings is 1. The minimum Gasteiger partial charge on any atom is -0.359 e. The Balaban J connectivity index is 1.33. The van der Waals surface area contributed by atoms with E-state index in [4.69, 9.17) is 4.74 Å². The van der Waals surface area contributed by atoms with Crippen molar-refractivity contribution in [1.29, 1.82) is 0 Å². The van der Waals surface area contributed by atoms with Crippen LogP contribution in [-0.2, 0) is 16.3 Å². The molecule has 1 aromatic carbocycles. The number of amides is 1. The highest BCUT2D eigenvalue weighted by Gasteiger charge is 2.49. The van der Waals surface area contributed by atoms with Gasteiger partial charge in [0.2, 0.25) is 5.91 Å². The zero-order valence-electron chi connectivity index (χ0n) is 20.6. The molecule has 2 heterocycles. The summed E-state index contributed by atoms with van der Waals surface area (Å²) in [6.07, 6.45) is 5.78. The number of rotatable bonds is 11. The number of ether oxygens (including phenoxy) is 1. The van der Waals surface area contributed by atoms with E-state index >= 15 is 0 Å². The van der Waals surface area contributed by atoms with Crippen LogP contribution in [-0.4, -0.2) is 37.5 Å². The van der Waals surface area contributed by atoms with Crippen LogP contribution in [0.1, 0.15) is 62.2 Å². The minimum atomic E-state index is -0.320. The predicted molar refractivity (Wildman–Crippen MR) is 138 cm³/mol. The van der Waals surface area contributed by atoms with E-state index in [1.54, 1.807) is 0 Å². The Bertz CT molecular complexity index is 1170. The van der Waals surface area contributed by atoms with Crippen LogP contribution in [0.3, 0.4) is 0 Å². The topological polar surface area (TPSA) is 97.7 Å². The van der Waals surface area contributed by atoms with Crippen LogP contribution in [0.15, 0.2) is 29.0 Å². The number of carbonyl (C=O) groups is 1. The van der Waals surface area contributed by atoms with Gasteiger partial charge in [0.05, 0.1) is 5.69 Å². The number of aromatic amines is 1. The van der Waals surface area contributed by atoms with Crippen molar-refractivity contribution in [2.45, 2.75) is 65.5 Å². The summed E-state index contributed by atoms with van der Waals surface area (Å²) in [6, 6.07) is 8.02. The van der Waals surface area contributed by atoms with Gasteiger partial charge < -0.3 is 15.0 Å². The lowest BCUT2D eigenvalue weighted by molar-refractivity contribution is -0.119. The number of aryl methyl sites for hydroxylation is 1. The van der Waals surface area contributed by atoms with E-state index in [2.05, 4.69) is 55.4 Å². The van der Waals surface area contributed by atoms with Crippen molar-refractivity contribution in [1.82, 2.24) is 25.0 Å². The third-order valence-electron chi connectivity index (χ3n) is 7.16. The summed E-state index contributed by atoms with van der Waals surface area (Å²) in [5, 5.41) is 16.2. The van der Waals surface area contributed by atoms with Crippen molar-refractivity contribution >= 4 is 27.5 Å². The fraction of sp³-hybridized carbons (Fsp3) is 0.538. The molecule has 2 fully saturated rings. The molecule has 1 atom stereocenters. The lowest BCUT2D eigenvalue weighted by Crippen LogP contribution is -2.31. The number of anilines is 1. The number of aromatic nitrogens is 5. The van der Waals surface area contributed by atoms with Crippen LogP contribution in [0.25, 0.3) is 11.1 Å². The van der Waals surface area contributed by atoms with Crippen LogP contribution in [0.4, 0.5) is 5.69 Å². The maximum Gasteiger partial charge on any atom is 0.235 e. The molecular weight excluding hydrogens is 508 g/mol. The second-order valence-corrected chi connectivity index (χ2v) is 10.6. The molecule has 186 valence electrons. The third kappa shape index (κ3) is 5.35. The van der Waals surface area contributed by atoms with E-state index in [1.807, 2.05) is 35.9 Å². The van der Waals surface area contributed by atoms with E-state index in [-0.39, 0.29) is 11.8 Å². The quantitative estimate of drug-likeness (QED) is 0.309. The predicted octanol–water partition coefficient (Wildman–Crippen LogP) is 5.59. The van der Waals surface area contributed by atoms with E-state index < -0.39 is 0 Å². The first kappa shape index (κ1) is 24.2. The van der Waals surface area contributed by atoms with Gasteiger partial charge in [-0.15, -0.1) is 10.2 Å². The summed E-state index contributed by atoms with van der Waals surface area (Å²) in [5.74, 6) is 1.85. The van der Waals surface area contributed by atoms with Gasteiger partial charge in [0.15, 0.2) is 4.73 Å². The molecule has 0 spiro atoms. The molecule has 35 heavy (non-hydrogen) atoms. The number of carbonyl (C=O) groups excluding carboxylic acids is 1. The van der Waals surface area contributed by atoms with Gasteiger partial charge in [-0.1, -0.05) is 19.1 Å². The monoisotopic (exact) mass is 540 g/mol. The zero-order valence-corrected chi connectivity index (χ0v) is 22.1. The van der Waals surface area contributed by atoms with Gasteiger partial charge in [0.1, 0.15) is 18.5 Å². The van der Waals surface area contributed by atoms with Crippen LogP contribution < -0.4 is 5.32 Å². The van der Waals surface area contributed by atoms with Crippen LogP contribution in [0.5, 0.6) is 0 Å². The Kier molecular flexibility index (Phi) is 7.07. The highest BCUT2D eigenvalue weighted by atomic mass is 79.9. The van der Waals surface area contributed by atoms with Crippen LogP contribution in [0.2, 0.25) is 0 Å². The zero-order chi connectivity index (χ0) is 24.5. The normalized spacial score (nSPS) is 16.6. The molecule has 0 bridgehead atoms. The molecule has 2 aliphatic rings. The van der Waals surface area contributed by atoms with Gasteiger partial charge in [0.25, 0.3) is 0 Å². The smallest absolute Gasteiger partial charge is 0.235 e. The molecule has 1 amide bonds. The highest BCUT2D eigenvalue weighted by molar-refractivity contribution is 9.10. The molecule has 2 saturated carbocycles. The van der Waals surface area contributed by atoms with Crippen molar-refractivity contribution in [3.8, 4) is 11.1 Å². The third-order valence-corrected chi connectivity index (χ3v) is 7.51. The second kappa shape index (κ2) is 10.2. The summed E-state index contributed by atoms with van der Waals surface area (Å²) in [4.78, 5) is 16.7. The number of hydrogen-bond acceptors (Lipinski definition) is 5. The van der Waals surface area contributed by atoms with Gasteiger partial charge in [-0.25, -0.2) is 4.68 Å². The first-order valence-corrected chi connectivity index (χ1v) is 13.4. The van der Waals surface area contributed by atoms with Gasteiger partial charge in [-0.3, -0.25) is 4.79 Å². The lowest BCUT2D eigenvalue weighted by Gasteiger charge is -2.24. The molecule has 3 aromatic rings. The van der Waals surface area contributed by atoms with Crippen molar-refractivity contribution in [3.05, 3.63) is 46.2 Å². The molecule has 8 nitrogen and oxygen atoms in total. The van der Waals surface area contributed by atoms with E-state index in [0.29, 0.717) is 35.0 Å². The molecular formula is C26H33BrN6O2. The molecule has 5 rings (SSSR count). The Morgan fingerprint density at radius 3 is 2.43 bits per heavy atom. The van der Waals surface area contributed by atoms with Crippen LogP contribution in [0, 0.1) is 31.6 Å². The Morgan fingerprint density at radius 1 is 1.17 bits per heavy atom. The number of hydrogen-bond donors (Lipinski definition) is 2. The molecule has 0 radical (unpaired) electrons. The number of halogens is 1. The van der Waals surface area contributed by atoms with Gasteiger partial charge in [-0.2, -0.15) is 5.10 Å². The van der Waals surface area contributed by atoms with Crippen molar-refractivity contribution in [3.63, 3.8) is 0 Å². The summed E-state index contributed by atoms with van der Waals surface area (Å²) in [6.45, 7) is 7.35. The maximum absolute atomic E-state index is 13.6. The average molecular weight is 541 g/mol. The van der Waals surface area contributed by atoms with Crippen LogP contribution >= 0.6 is 15.9 Å². The van der Waals surface area contributed by atoms with Gasteiger partial charge >= 0.3 is 0 Å². The Morgan fingerprint density at radius 2 is 1.86 bits per heavy atom. The first-order chi connectivity index (χ1) is 17.0. The van der Waals surface area contributed by atoms with Crippen molar-refractivity contribution < 1.29 is 9.53 Å². The molecule has 1 unspecified atom stereocenters. The number of H-pyrrole nitrogens is 1. The molecule has 2 N–H and O–H groups in total. The van der Waals surface area contributed by atoms with E-state index in [1.165, 1.54) is 25.7 Å². The Labute approximate surface area is 214 Å². The van der Waals surface area contributed by atoms with E-state index in [0.717, 1.165) is 41.2 Å². The summed E-state index contributed by atoms with van der Waals surface area (Å²) < 4.78 is 8.15. The molecule has 0 aliphatic heterocycles. The summed E-state index contributed by atoms with van der Waals surface area (Å²) in [7, 11) is 0. The van der Waals surface area contributed by atoms with Gasteiger partial charge in [-0.05, 0) is 97.3 Å². The molecule has 9 heteroatoms. The molecule has 2 aliphatic carbocycles. The average Bonchev–Trinajstić information content (AvgIpc) is 3.77. The van der Waals surface area contributed by atoms with Crippen molar-refractivity contribution in [2.24, 2.45) is 17.8 Å². The van der Waals surface area contributed by atoms with E-state index in [9.17, 15) is 4.79 Å². The highest BCUT2D eigenvalue weighted by Crippen LogP contribution is 2.54. The second-order valence-electron chi connectivity index (χ2n) is 9.88. The first-order valence-electron chi connectivity index (χ1n) is 12.6. The van der Waals surface area contributed by atoms with Gasteiger partial charge in [0, 0.05) is 23.6 Å². The standard InChI is InChI=1S/C26H33BrN6O2/c1-4-13-35-14-33-16(3)21(15(2)32-33)17-9-11-20(12-10-17)28-25(34)23(24-29-26(27)31-30-24)22(18-5-6-18)19-7-8-19/h9-12,18-19,22-23H,4-8,13-14H2,1-3H3,(H,28,34)(H,29,30,31). The number of nitrogens with zero attached hydrogens (tertiary/aromatic N) is 4. The molecule has 0 saturated heterocycles. The largest absolute Gasteiger partial charge is 0.359 e. The fourth-order valence-electron chi connectivity index (χ4n) is 5.24. The van der Waals surface area contributed by atoms with Crippen molar-refractivity contribution in [2.75, 3.05) is 11.9 Å². The summed E-state index contributed by atoms with van der Waals surface area (Å²) >= 11 is 3.36. The Hall–Kier alpha value is -2.52. The summed E-state index contributed by atoms with van der Waals surface area (Å²) in [5.41, 5.74) is 5.00. The lowest BCUT2D eigenvalue weighted by atomic mass is 9.82.